The topological polar surface area (TPSA) is 35.5 Å². The van der Waals surface area contributed by atoms with E-state index in [1.54, 1.807) is 0 Å². The van der Waals surface area contributed by atoms with Crippen molar-refractivity contribution in [2.24, 2.45) is 5.92 Å². The summed E-state index contributed by atoms with van der Waals surface area (Å²) in [6, 6.07) is 15.9. The van der Waals surface area contributed by atoms with E-state index in [-0.39, 0.29) is 6.10 Å². The standard InChI is InChI=1S/C20H26N2OS/c23-18-11-17(22(14-18)13-15-5-2-1-3-6-15)12-21-20(16-8-9-16)19-7-4-10-24-19/h1-7,10,16-18,20-21,23H,8-9,11-14H2. The normalized spacial score (nSPS) is 25.9. The highest BCUT2D eigenvalue weighted by Crippen LogP contribution is 2.42. The van der Waals surface area contributed by atoms with E-state index in [1.165, 1.54) is 23.3 Å². The average Bonchev–Trinajstić information content (AvgIpc) is 3.15. The molecule has 2 aliphatic rings. The van der Waals surface area contributed by atoms with E-state index in [4.69, 9.17) is 0 Å². The summed E-state index contributed by atoms with van der Waals surface area (Å²) < 4.78 is 0. The molecule has 1 aromatic heterocycles. The molecule has 4 heteroatoms. The van der Waals surface area contributed by atoms with Gasteiger partial charge in [-0.15, -0.1) is 11.3 Å². The lowest BCUT2D eigenvalue weighted by Gasteiger charge is -2.27. The number of aliphatic hydroxyl groups is 1. The maximum Gasteiger partial charge on any atom is 0.0682 e. The first-order valence-corrected chi connectivity index (χ1v) is 9.90. The van der Waals surface area contributed by atoms with Gasteiger partial charge in [-0.3, -0.25) is 4.90 Å². The summed E-state index contributed by atoms with van der Waals surface area (Å²) >= 11 is 1.86. The fourth-order valence-electron chi connectivity index (χ4n) is 3.84. The zero-order valence-electron chi connectivity index (χ0n) is 14.0. The maximum absolute atomic E-state index is 10.2. The lowest BCUT2D eigenvalue weighted by atomic mass is 10.1. The Kier molecular flexibility index (Phi) is 4.99. The van der Waals surface area contributed by atoms with Gasteiger partial charge in [0.15, 0.2) is 0 Å². The van der Waals surface area contributed by atoms with Gasteiger partial charge < -0.3 is 10.4 Å². The van der Waals surface area contributed by atoms with E-state index in [0.29, 0.717) is 12.1 Å². The Morgan fingerprint density at radius 3 is 2.71 bits per heavy atom. The number of nitrogens with one attached hydrogen (secondary N) is 1. The molecule has 3 atom stereocenters. The molecule has 1 aromatic carbocycles. The summed E-state index contributed by atoms with van der Waals surface area (Å²) in [5, 5.41) is 16.1. The highest BCUT2D eigenvalue weighted by atomic mass is 32.1. The second-order valence-corrected chi connectivity index (χ2v) is 8.18. The molecular formula is C20H26N2OS. The smallest absolute Gasteiger partial charge is 0.0682 e. The Morgan fingerprint density at radius 2 is 2.00 bits per heavy atom. The first-order chi connectivity index (χ1) is 11.8. The van der Waals surface area contributed by atoms with Crippen LogP contribution in [-0.2, 0) is 6.54 Å². The van der Waals surface area contributed by atoms with Crippen LogP contribution in [0.25, 0.3) is 0 Å². The van der Waals surface area contributed by atoms with Crippen molar-refractivity contribution in [3.05, 3.63) is 58.3 Å². The second kappa shape index (κ2) is 7.36. The molecule has 2 heterocycles. The van der Waals surface area contributed by atoms with Crippen LogP contribution in [0.15, 0.2) is 47.8 Å². The van der Waals surface area contributed by atoms with Crippen molar-refractivity contribution in [3.8, 4) is 0 Å². The fourth-order valence-corrected chi connectivity index (χ4v) is 4.74. The molecule has 1 saturated carbocycles. The molecule has 1 aliphatic carbocycles. The molecule has 0 radical (unpaired) electrons. The van der Waals surface area contributed by atoms with Crippen molar-refractivity contribution in [3.63, 3.8) is 0 Å². The van der Waals surface area contributed by atoms with Gasteiger partial charge in [-0.1, -0.05) is 36.4 Å². The van der Waals surface area contributed by atoms with E-state index in [9.17, 15) is 5.11 Å². The molecule has 24 heavy (non-hydrogen) atoms. The van der Waals surface area contributed by atoms with E-state index >= 15 is 0 Å². The number of benzene rings is 1. The van der Waals surface area contributed by atoms with Crippen LogP contribution < -0.4 is 5.32 Å². The van der Waals surface area contributed by atoms with Crippen LogP contribution in [-0.4, -0.2) is 35.2 Å². The van der Waals surface area contributed by atoms with Gasteiger partial charge in [0.2, 0.25) is 0 Å². The van der Waals surface area contributed by atoms with Gasteiger partial charge in [0, 0.05) is 36.6 Å². The van der Waals surface area contributed by atoms with Gasteiger partial charge in [-0.05, 0) is 42.2 Å². The minimum Gasteiger partial charge on any atom is -0.392 e. The molecule has 4 rings (SSSR count). The number of nitrogens with zero attached hydrogens (tertiary/aromatic N) is 1. The third-order valence-electron chi connectivity index (χ3n) is 5.25. The molecule has 0 spiro atoms. The van der Waals surface area contributed by atoms with Crippen molar-refractivity contribution in [2.45, 2.75) is 44.0 Å². The van der Waals surface area contributed by atoms with Crippen LogP contribution in [0.3, 0.4) is 0 Å². The molecule has 3 unspecified atom stereocenters. The molecule has 1 aliphatic heterocycles. The van der Waals surface area contributed by atoms with Crippen LogP contribution in [0.5, 0.6) is 0 Å². The summed E-state index contributed by atoms with van der Waals surface area (Å²) in [6.07, 6.45) is 3.37. The second-order valence-electron chi connectivity index (χ2n) is 7.20. The number of rotatable bonds is 7. The van der Waals surface area contributed by atoms with Crippen LogP contribution in [0.1, 0.15) is 35.7 Å². The van der Waals surface area contributed by atoms with Crippen molar-refractivity contribution < 1.29 is 5.11 Å². The van der Waals surface area contributed by atoms with Crippen LogP contribution in [0.2, 0.25) is 0 Å². The van der Waals surface area contributed by atoms with Gasteiger partial charge in [-0.2, -0.15) is 0 Å². The minimum absolute atomic E-state index is 0.193. The number of thiophene rings is 1. The SMILES string of the molecule is OC1CC(CNC(c2cccs2)C2CC2)N(Cc2ccccc2)C1. The molecular weight excluding hydrogens is 316 g/mol. The van der Waals surface area contributed by atoms with Crippen molar-refractivity contribution in [1.29, 1.82) is 0 Å². The summed E-state index contributed by atoms with van der Waals surface area (Å²) in [4.78, 5) is 3.90. The molecule has 3 nitrogen and oxygen atoms in total. The maximum atomic E-state index is 10.2. The molecule has 2 N–H and O–H groups in total. The van der Waals surface area contributed by atoms with Gasteiger partial charge >= 0.3 is 0 Å². The first-order valence-electron chi connectivity index (χ1n) is 9.02. The highest BCUT2D eigenvalue weighted by Gasteiger charge is 2.35. The van der Waals surface area contributed by atoms with E-state index in [2.05, 4.69) is 58.1 Å². The minimum atomic E-state index is -0.193. The zero-order chi connectivity index (χ0) is 16.4. The molecule has 2 fully saturated rings. The molecule has 1 saturated heterocycles. The quantitative estimate of drug-likeness (QED) is 0.809. The Labute approximate surface area is 148 Å². The zero-order valence-corrected chi connectivity index (χ0v) is 14.8. The van der Waals surface area contributed by atoms with Crippen LogP contribution in [0, 0.1) is 5.92 Å². The van der Waals surface area contributed by atoms with Gasteiger partial charge in [0.1, 0.15) is 0 Å². The number of aliphatic hydroxyl groups excluding tert-OH is 1. The highest BCUT2D eigenvalue weighted by molar-refractivity contribution is 7.10. The largest absolute Gasteiger partial charge is 0.392 e. The van der Waals surface area contributed by atoms with E-state index < -0.39 is 0 Å². The summed E-state index contributed by atoms with van der Waals surface area (Å²) in [6.45, 7) is 2.68. The van der Waals surface area contributed by atoms with Crippen LogP contribution in [0.4, 0.5) is 0 Å². The average molecular weight is 343 g/mol. The Bertz CT molecular complexity index is 626. The number of β-amino-alcohol motifs (C(OH)–C–C–N with tert-alkyl or cyclic N) is 1. The third kappa shape index (κ3) is 3.89. The van der Waals surface area contributed by atoms with Gasteiger partial charge in [0.05, 0.1) is 6.10 Å². The first kappa shape index (κ1) is 16.3. The predicted molar refractivity (Wildman–Crippen MR) is 99.1 cm³/mol. The summed E-state index contributed by atoms with van der Waals surface area (Å²) in [5.41, 5.74) is 1.33. The van der Waals surface area contributed by atoms with Gasteiger partial charge in [-0.25, -0.2) is 0 Å². The lowest BCUT2D eigenvalue weighted by Crippen LogP contribution is -2.39. The predicted octanol–water partition coefficient (Wildman–Crippen LogP) is 3.42. The number of likely N-dealkylation sites (tertiary alicyclic amines) is 1. The molecule has 0 amide bonds. The lowest BCUT2D eigenvalue weighted by molar-refractivity contribution is 0.172. The van der Waals surface area contributed by atoms with E-state index in [0.717, 1.165) is 32.0 Å². The fraction of sp³-hybridized carbons (Fsp3) is 0.500. The Balaban J connectivity index is 1.38. The van der Waals surface area contributed by atoms with Crippen LogP contribution >= 0.6 is 11.3 Å². The Morgan fingerprint density at radius 1 is 1.17 bits per heavy atom. The van der Waals surface area contributed by atoms with Crippen molar-refractivity contribution in [1.82, 2.24) is 10.2 Å². The van der Waals surface area contributed by atoms with Crippen molar-refractivity contribution >= 4 is 11.3 Å². The number of hydrogen-bond acceptors (Lipinski definition) is 4. The summed E-state index contributed by atoms with van der Waals surface area (Å²) in [7, 11) is 0. The van der Waals surface area contributed by atoms with Crippen molar-refractivity contribution in [2.75, 3.05) is 13.1 Å². The molecule has 128 valence electrons. The number of hydrogen-bond donors (Lipinski definition) is 2. The molecule has 0 bridgehead atoms. The third-order valence-corrected chi connectivity index (χ3v) is 6.21. The summed E-state index contributed by atoms with van der Waals surface area (Å²) in [5.74, 6) is 0.803. The Hall–Kier alpha value is -1.20. The van der Waals surface area contributed by atoms with E-state index in [1.807, 2.05) is 11.3 Å². The van der Waals surface area contributed by atoms with Gasteiger partial charge in [0.25, 0.3) is 0 Å². The monoisotopic (exact) mass is 342 g/mol. The molecule has 2 aromatic rings.